The van der Waals surface area contributed by atoms with E-state index in [1.807, 2.05) is 11.4 Å². The number of hydrogen-bond donors (Lipinski definition) is 1. The van der Waals surface area contributed by atoms with Gasteiger partial charge in [0.1, 0.15) is 5.82 Å². The monoisotopic (exact) mass is 331 g/mol. The molecule has 0 atom stereocenters. The molecule has 0 bridgehead atoms. The molecule has 0 aliphatic rings. The number of hydrogen-bond acceptors (Lipinski definition) is 2. The molecule has 0 saturated heterocycles. The van der Waals surface area contributed by atoms with Crippen molar-refractivity contribution in [2.24, 2.45) is 0 Å². The molecule has 1 N–H and O–H groups in total. The first-order chi connectivity index (χ1) is 10.6. The molecule has 0 spiro atoms. The van der Waals surface area contributed by atoms with Gasteiger partial charge in [-0.2, -0.15) is 0 Å². The first-order valence-electron chi connectivity index (χ1n) is 6.54. The number of carbonyl (C=O) groups is 1. The van der Waals surface area contributed by atoms with Crippen LogP contribution in [0.15, 0.2) is 60.0 Å². The molecule has 1 heterocycles. The third kappa shape index (κ3) is 3.18. The molecule has 1 aromatic heterocycles. The van der Waals surface area contributed by atoms with Gasteiger partial charge in [0, 0.05) is 16.3 Å². The zero-order valence-electron chi connectivity index (χ0n) is 11.3. The van der Waals surface area contributed by atoms with Crippen LogP contribution in [-0.4, -0.2) is 5.91 Å². The molecule has 22 heavy (non-hydrogen) atoms. The predicted octanol–water partition coefficient (Wildman–Crippen LogP) is 5.46. The van der Waals surface area contributed by atoms with E-state index in [0.29, 0.717) is 15.6 Å². The standard InChI is InChI=1S/C17H11ClFNOS/c18-12-2-1-3-14(10-12)20-17(21)16-15(8-9-22-16)11-4-6-13(19)7-5-11/h1-10H,(H,20,21). The summed E-state index contributed by atoms with van der Waals surface area (Å²) in [7, 11) is 0. The average molecular weight is 332 g/mol. The maximum Gasteiger partial charge on any atom is 0.266 e. The molecule has 3 rings (SSSR count). The Morgan fingerprint density at radius 1 is 1.09 bits per heavy atom. The molecular formula is C17H11ClFNOS. The third-order valence-corrected chi connectivity index (χ3v) is 4.26. The maximum absolute atomic E-state index is 13.0. The summed E-state index contributed by atoms with van der Waals surface area (Å²) in [6.07, 6.45) is 0. The quantitative estimate of drug-likeness (QED) is 0.678. The third-order valence-electron chi connectivity index (χ3n) is 3.11. The van der Waals surface area contributed by atoms with Gasteiger partial charge in [-0.05, 0) is 47.3 Å². The van der Waals surface area contributed by atoms with E-state index in [1.54, 1.807) is 36.4 Å². The summed E-state index contributed by atoms with van der Waals surface area (Å²) in [6.45, 7) is 0. The Morgan fingerprint density at radius 2 is 1.86 bits per heavy atom. The summed E-state index contributed by atoms with van der Waals surface area (Å²) in [4.78, 5) is 13.0. The highest BCUT2D eigenvalue weighted by Crippen LogP contribution is 2.29. The Balaban J connectivity index is 1.88. The van der Waals surface area contributed by atoms with Crippen molar-refractivity contribution < 1.29 is 9.18 Å². The zero-order chi connectivity index (χ0) is 15.5. The molecule has 0 fully saturated rings. The van der Waals surface area contributed by atoms with Crippen LogP contribution >= 0.6 is 22.9 Å². The largest absolute Gasteiger partial charge is 0.321 e. The highest BCUT2D eigenvalue weighted by atomic mass is 35.5. The van der Waals surface area contributed by atoms with Crippen LogP contribution in [0.3, 0.4) is 0 Å². The van der Waals surface area contributed by atoms with Gasteiger partial charge in [0.2, 0.25) is 0 Å². The fourth-order valence-electron chi connectivity index (χ4n) is 2.10. The number of nitrogens with one attached hydrogen (secondary N) is 1. The average Bonchev–Trinajstić information content (AvgIpc) is 2.97. The number of halogens is 2. The summed E-state index contributed by atoms with van der Waals surface area (Å²) in [5, 5.41) is 5.22. The second kappa shape index (κ2) is 6.30. The molecule has 0 unspecified atom stereocenters. The van der Waals surface area contributed by atoms with E-state index >= 15 is 0 Å². The van der Waals surface area contributed by atoms with Gasteiger partial charge in [0.15, 0.2) is 0 Å². The van der Waals surface area contributed by atoms with Crippen molar-refractivity contribution in [1.29, 1.82) is 0 Å². The Kier molecular flexibility index (Phi) is 4.22. The van der Waals surface area contributed by atoms with Gasteiger partial charge < -0.3 is 5.32 Å². The molecule has 110 valence electrons. The lowest BCUT2D eigenvalue weighted by Gasteiger charge is -2.07. The molecular weight excluding hydrogens is 321 g/mol. The van der Waals surface area contributed by atoms with Crippen molar-refractivity contribution in [3.63, 3.8) is 0 Å². The van der Waals surface area contributed by atoms with Crippen LogP contribution in [0.25, 0.3) is 11.1 Å². The lowest BCUT2D eigenvalue weighted by atomic mass is 10.1. The number of benzene rings is 2. The van der Waals surface area contributed by atoms with Crippen molar-refractivity contribution in [3.8, 4) is 11.1 Å². The van der Waals surface area contributed by atoms with E-state index in [4.69, 9.17) is 11.6 Å². The van der Waals surface area contributed by atoms with Gasteiger partial charge in [0.05, 0.1) is 4.88 Å². The molecule has 0 aliphatic heterocycles. The smallest absolute Gasteiger partial charge is 0.266 e. The highest BCUT2D eigenvalue weighted by Gasteiger charge is 2.15. The van der Waals surface area contributed by atoms with Gasteiger partial charge >= 0.3 is 0 Å². The van der Waals surface area contributed by atoms with Crippen molar-refractivity contribution >= 4 is 34.5 Å². The highest BCUT2D eigenvalue weighted by molar-refractivity contribution is 7.12. The number of anilines is 1. The van der Waals surface area contributed by atoms with Gasteiger partial charge in [-0.15, -0.1) is 11.3 Å². The van der Waals surface area contributed by atoms with E-state index in [1.165, 1.54) is 23.5 Å². The van der Waals surface area contributed by atoms with Gasteiger partial charge in [-0.1, -0.05) is 29.8 Å². The van der Waals surface area contributed by atoms with Crippen molar-refractivity contribution in [1.82, 2.24) is 0 Å². The molecule has 1 amide bonds. The van der Waals surface area contributed by atoms with Crippen LogP contribution in [0.1, 0.15) is 9.67 Å². The number of carbonyl (C=O) groups excluding carboxylic acids is 1. The molecule has 3 aromatic rings. The molecule has 2 nitrogen and oxygen atoms in total. The van der Waals surface area contributed by atoms with Crippen molar-refractivity contribution in [2.45, 2.75) is 0 Å². The topological polar surface area (TPSA) is 29.1 Å². The van der Waals surface area contributed by atoms with Gasteiger partial charge in [-0.3, -0.25) is 4.79 Å². The van der Waals surface area contributed by atoms with Crippen molar-refractivity contribution in [3.05, 3.63) is 75.7 Å². The van der Waals surface area contributed by atoms with Crippen LogP contribution in [0, 0.1) is 5.82 Å². The lowest BCUT2D eigenvalue weighted by molar-refractivity contribution is 0.103. The zero-order valence-corrected chi connectivity index (χ0v) is 12.9. The first kappa shape index (κ1) is 14.8. The minimum atomic E-state index is -0.302. The van der Waals surface area contributed by atoms with E-state index in [-0.39, 0.29) is 11.7 Å². The first-order valence-corrected chi connectivity index (χ1v) is 7.79. The number of thiophene rings is 1. The minimum Gasteiger partial charge on any atom is -0.321 e. The van der Waals surface area contributed by atoms with Crippen LogP contribution in [0.5, 0.6) is 0 Å². The fourth-order valence-corrected chi connectivity index (χ4v) is 3.10. The van der Waals surface area contributed by atoms with Gasteiger partial charge in [-0.25, -0.2) is 4.39 Å². The fraction of sp³-hybridized carbons (Fsp3) is 0. The predicted molar refractivity (Wildman–Crippen MR) is 89.1 cm³/mol. The lowest BCUT2D eigenvalue weighted by Crippen LogP contribution is -2.11. The summed E-state index contributed by atoms with van der Waals surface area (Å²) < 4.78 is 13.0. The Morgan fingerprint density at radius 3 is 2.59 bits per heavy atom. The summed E-state index contributed by atoms with van der Waals surface area (Å²) in [5.74, 6) is -0.513. The van der Waals surface area contributed by atoms with E-state index in [9.17, 15) is 9.18 Å². The van der Waals surface area contributed by atoms with Crippen LogP contribution in [0.4, 0.5) is 10.1 Å². The summed E-state index contributed by atoms with van der Waals surface area (Å²) in [6, 6.07) is 14.9. The summed E-state index contributed by atoms with van der Waals surface area (Å²) in [5.41, 5.74) is 2.22. The molecule has 0 aliphatic carbocycles. The normalized spacial score (nSPS) is 10.5. The summed E-state index contributed by atoms with van der Waals surface area (Å²) >= 11 is 7.25. The van der Waals surface area contributed by atoms with Crippen LogP contribution in [0.2, 0.25) is 5.02 Å². The van der Waals surface area contributed by atoms with Gasteiger partial charge in [0.25, 0.3) is 5.91 Å². The SMILES string of the molecule is O=C(Nc1cccc(Cl)c1)c1sccc1-c1ccc(F)cc1. The van der Waals surface area contributed by atoms with E-state index < -0.39 is 0 Å². The molecule has 0 saturated carbocycles. The Labute approximate surface area is 136 Å². The molecule has 0 radical (unpaired) electrons. The van der Waals surface area contributed by atoms with Crippen LogP contribution < -0.4 is 5.32 Å². The minimum absolute atomic E-state index is 0.211. The second-order valence-corrected chi connectivity index (χ2v) is 5.99. The number of rotatable bonds is 3. The maximum atomic E-state index is 13.0. The Bertz CT molecular complexity index is 814. The Hall–Kier alpha value is -2.17. The van der Waals surface area contributed by atoms with Crippen molar-refractivity contribution in [2.75, 3.05) is 5.32 Å². The van der Waals surface area contributed by atoms with E-state index in [2.05, 4.69) is 5.32 Å². The molecule has 5 heteroatoms. The second-order valence-electron chi connectivity index (χ2n) is 4.63. The number of amides is 1. The van der Waals surface area contributed by atoms with E-state index in [0.717, 1.165) is 11.1 Å². The van der Waals surface area contributed by atoms with Crippen LogP contribution in [-0.2, 0) is 0 Å². The molecule has 2 aromatic carbocycles.